The number of hydrogen-bond donors (Lipinski definition) is 1. The average molecular weight is 200 g/mol. The zero-order valence-corrected chi connectivity index (χ0v) is 8.40. The molecule has 72 valence electrons. The van der Waals surface area contributed by atoms with Gasteiger partial charge in [0, 0.05) is 11.5 Å². The number of rotatable bonds is 4. The van der Waals surface area contributed by atoms with E-state index in [2.05, 4.69) is 0 Å². The molecule has 0 saturated heterocycles. The molecule has 3 heteroatoms. The largest absolute Gasteiger partial charge is 0.396 e. The molecule has 0 aliphatic heterocycles. The lowest BCUT2D eigenvalue weighted by Crippen LogP contribution is -1.94. The summed E-state index contributed by atoms with van der Waals surface area (Å²) in [6.07, 6.45) is 3.29. The van der Waals surface area contributed by atoms with Crippen molar-refractivity contribution >= 4 is 11.8 Å². The van der Waals surface area contributed by atoms with Crippen LogP contribution in [0, 0.1) is 5.82 Å². The fourth-order valence-corrected chi connectivity index (χ4v) is 1.94. The van der Waals surface area contributed by atoms with E-state index in [9.17, 15) is 4.39 Å². The normalized spacial score (nSPS) is 10.4. The summed E-state index contributed by atoms with van der Waals surface area (Å²) >= 11 is 1.42. The van der Waals surface area contributed by atoms with Crippen LogP contribution in [0.4, 0.5) is 4.39 Å². The van der Waals surface area contributed by atoms with Crippen LogP contribution in [-0.4, -0.2) is 18.0 Å². The van der Waals surface area contributed by atoms with Gasteiger partial charge in [0.25, 0.3) is 0 Å². The zero-order valence-electron chi connectivity index (χ0n) is 7.59. The Balaban J connectivity index is 2.85. The third-order valence-corrected chi connectivity index (χ3v) is 2.72. The number of thioether (sulfide) groups is 1. The molecule has 0 bridgehead atoms. The van der Waals surface area contributed by atoms with Crippen molar-refractivity contribution in [3.05, 3.63) is 29.6 Å². The Bertz CT molecular complexity index is 276. The standard InChI is InChI=1S/C10H13FOS/c1-13-10-8(5-3-7-12)4-2-6-9(10)11/h2,4,6,12H,3,5,7H2,1H3. The van der Waals surface area contributed by atoms with Crippen LogP contribution in [-0.2, 0) is 6.42 Å². The molecule has 0 atom stereocenters. The molecule has 0 aliphatic carbocycles. The number of aliphatic hydroxyl groups is 1. The molecule has 1 aromatic carbocycles. The highest BCUT2D eigenvalue weighted by Gasteiger charge is 2.05. The molecule has 0 spiro atoms. The number of halogens is 1. The molecule has 0 radical (unpaired) electrons. The highest BCUT2D eigenvalue weighted by molar-refractivity contribution is 7.98. The van der Waals surface area contributed by atoms with Gasteiger partial charge in [-0.05, 0) is 30.7 Å². The molecule has 0 unspecified atom stereocenters. The topological polar surface area (TPSA) is 20.2 Å². The van der Waals surface area contributed by atoms with E-state index in [0.717, 1.165) is 12.0 Å². The minimum Gasteiger partial charge on any atom is -0.396 e. The maximum Gasteiger partial charge on any atom is 0.137 e. The lowest BCUT2D eigenvalue weighted by atomic mass is 10.1. The first-order valence-electron chi connectivity index (χ1n) is 4.22. The van der Waals surface area contributed by atoms with Crippen molar-refractivity contribution in [3.8, 4) is 0 Å². The van der Waals surface area contributed by atoms with Crippen LogP contribution < -0.4 is 0 Å². The first-order valence-corrected chi connectivity index (χ1v) is 5.44. The van der Waals surface area contributed by atoms with Crippen LogP contribution >= 0.6 is 11.8 Å². The maximum absolute atomic E-state index is 13.2. The van der Waals surface area contributed by atoms with E-state index in [-0.39, 0.29) is 12.4 Å². The van der Waals surface area contributed by atoms with Crippen molar-refractivity contribution in [2.45, 2.75) is 17.7 Å². The second-order valence-corrected chi connectivity index (χ2v) is 3.58. The lowest BCUT2D eigenvalue weighted by Gasteiger charge is -2.06. The van der Waals surface area contributed by atoms with Gasteiger partial charge < -0.3 is 5.11 Å². The summed E-state index contributed by atoms with van der Waals surface area (Å²) in [6, 6.07) is 5.08. The van der Waals surface area contributed by atoms with Crippen LogP contribution in [0.15, 0.2) is 23.1 Å². The van der Waals surface area contributed by atoms with Crippen molar-refractivity contribution in [1.82, 2.24) is 0 Å². The monoisotopic (exact) mass is 200 g/mol. The van der Waals surface area contributed by atoms with E-state index in [1.54, 1.807) is 6.07 Å². The summed E-state index contributed by atoms with van der Waals surface area (Å²) in [5, 5.41) is 8.66. The summed E-state index contributed by atoms with van der Waals surface area (Å²) in [4.78, 5) is 0.705. The number of hydrogen-bond acceptors (Lipinski definition) is 2. The van der Waals surface area contributed by atoms with Crippen molar-refractivity contribution in [1.29, 1.82) is 0 Å². The van der Waals surface area contributed by atoms with Crippen molar-refractivity contribution in [2.75, 3.05) is 12.9 Å². The smallest absolute Gasteiger partial charge is 0.137 e. The molecule has 13 heavy (non-hydrogen) atoms. The summed E-state index contributed by atoms with van der Waals surface area (Å²) in [6.45, 7) is 0.157. The van der Waals surface area contributed by atoms with E-state index in [1.165, 1.54) is 17.8 Å². The highest BCUT2D eigenvalue weighted by atomic mass is 32.2. The molecule has 0 heterocycles. The molecule has 1 nitrogen and oxygen atoms in total. The summed E-state index contributed by atoms with van der Waals surface area (Å²) in [5.74, 6) is -0.164. The third-order valence-electron chi connectivity index (χ3n) is 1.86. The van der Waals surface area contributed by atoms with Crippen LogP contribution in [0.5, 0.6) is 0 Å². The van der Waals surface area contributed by atoms with E-state index < -0.39 is 0 Å². The van der Waals surface area contributed by atoms with Gasteiger partial charge >= 0.3 is 0 Å². The Morgan fingerprint density at radius 2 is 2.23 bits per heavy atom. The van der Waals surface area contributed by atoms with Gasteiger partial charge in [0.2, 0.25) is 0 Å². The second-order valence-electron chi connectivity index (χ2n) is 2.76. The molecular formula is C10H13FOS. The lowest BCUT2D eigenvalue weighted by molar-refractivity contribution is 0.288. The van der Waals surface area contributed by atoms with Gasteiger partial charge in [-0.3, -0.25) is 0 Å². The Morgan fingerprint density at radius 3 is 2.85 bits per heavy atom. The zero-order chi connectivity index (χ0) is 9.68. The Morgan fingerprint density at radius 1 is 1.46 bits per heavy atom. The molecule has 0 amide bonds. The van der Waals surface area contributed by atoms with Crippen molar-refractivity contribution in [2.24, 2.45) is 0 Å². The molecular weight excluding hydrogens is 187 g/mol. The van der Waals surface area contributed by atoms with Gasteiger partial charge in [0.05, 0.1) is 0 Å². The summed E-state index contributed by atoms with van der Waals surface area (Å²) < 4.78 is 13.2. The van der Waals surface area contributed by atoms with Gasteiger partial charge in [-0.25, -0.2) is 4.39 Å². The fourth-order valence-electron chi connectivity index (χ4n) is 1.25. The van der Waals surface area contributed by atoms with Crippen LogP contribution in [0.25, 0.3) is 0 Å². The predicted molar refractivity (Wildman–Crippen MR) is 53.6 cm³/mol. The number of aliphatic hydroxyl groups excluding tert-OH is 1. The van der Waals surface area contributed by atoms with Crippen LogP contribution in [0.2, 0.25) is 0 Å². The highest BCUT2D eigenvalue weighted by Crippen LogP contribution is 2.24. The van der Waals surface area contributed by atoms with Crippen molar-refractivity contribution < 1.29 is 9.50 Å². The van der Waals surface area contributed by atoms with Gasteiger partial charge in [-0.2, -0.15) is 0 Å². The third kappa shape index (κ3) is 2.71. The molecule has 1 N–H and O–H groups in total. The molecule has 1 aromatic rings. The van der Waals surface area contributed by atoms with Crippen molar-refractivity contribution in [3.63, 3.8) is 0 Å². The summed E-state index contributed by atoms with van der Waals surface area (Å²) in [5.41, 5.74) is 0.988. The number of aryl methyl sites for hydroxylation is 1. The number of benzene rings is 1. The minimum absolute atomic E-state index is 0.157. The maximum atomic E-state index is 13.2. The Kier molecular flexibility index (Phi) is 4.25. The predicted octanol–water partition coefficient (Wildman–Crippen LogP) is 2.47. The van der Waals surface area contributed by atoms with Crippen LogP contribution in [0.1, 0.15) is 12.0 Å². The first-order chi connectivity index (χ1) is 6.29. The average Bonchev–Trinajstić information content (AvgIpc) is 2.15. The minimum atomic E-state index is -0.164. The fraction of sp³-hybridized carbons (Fsp3) is 0.400. The Labute approximate surface area is 82.0 Å². The second kappa shape index (κ2) is 5.25. The van der Waals surface area contributed by atoms with E-state index >= 15 is 0 Å². The van der Waals surface area contributed by atoms with Crippen LogP contribution in [0.3, 0.4) is 0 Å². The summed E-state index contributed by atoms with van der Waals surface area (Å²) in [7, 11) is 0. The molecule has 0 aromatic heterocycles. The molecule has 0 saturated carbocycles. The Hall–Kier alpha value is -0.540. The molecule has 0 fully saturated rings. The van der Waals surface area contributed by atoms with Gasteiger partial charge in [-0.1, -0.05) is 12.1 Å². The van der Waals surface area contributed by atoms with E-state index in [0.29, 0.717) is 11.3 Å². The van der Waals surface area contributed by atoms with Gasteiger partial charge in [0.1, 0.15) is 5.82 Å². The quantitative estimate of drug-likeness (QED) is 0.753. The molecule has 1 rings (SSSR count). The van der Waals surface area contributed by atoms with Gasteiger partial charge in [-0.15, -0.1) is 11.8 Å². The van der Waals surface area contributed by atoms with Gasteiger partial charge in [0.15, 0.2) is 0 Å². The SMILES string of the molecule is CSc1c(F)cccc1CCCO. The van der Waals surface area contributed by atoms with E-state index in [4.69, 9.17) is 5.11 Å². The molecule has 0 aliphatic rings. The van der Waals surface area contributed by atoms with E-state index in [1.807, 2.05) is 12.3 Å². The first kappa shape index (κ1) is 10.5.